The van der Waals surface area contributed by atoms with Gasteiger partial charge in [-0.05, 0) is 39.8 Å². The molecule has 21 heavy (non-hydrogen) atoms. The van der Waals surface area contributed by atoms with Crippen LogP contribution in [0.5, 0.6) is 11.5 Å². The second-order valence-electron chi connectivity index (χ2n) is 5.81. The molecule has 2 heterocycles. The van der Waals surface area contributed by atoms with E-state index in [1.54, 1.807) is 12.1 Å². The molecule has 0 amide bonds. The predicted octanol–water partition coefficient (Wildman–Crippen LogP) is 3.33. The van der Waals surface area contributed by atoms with E-state index in [0.29, 0.717) is 12.6 Å². The van der Waals surface area contributed by atoms with Crippen LogP contribution < -0.4 is 10.1 Å². The van der Waals surface area contributed by atoms with Crippen LogP contribution in [0.1, 0.15) is 42.9 Å². The van der Waals surface area contributed by atoms with Crippen LogP contribution in [0.15, 0.2) is 18.2 Å². The predicted molar refractivity (Wildman–Crippen MR) is 82.1 cm³/mol. The molecule has 0 saturated carbocycles. The van der Waals surface area contributed by atoms with Crippen molar-refractivity contribution < 1.29 is 9.84 Å². The maximum atomic E-state index is 9.51. The highest BCUT2D eigenvalue weighted by atomic mass is 16.5. The third kappa shape index (κ3) is 2.33. The largest absolute Gasteiger partial charge is 0.508 e. The van der Waals surface area contributed by atoms with E-state index >= 15 is 0 Å². The van der Waals surface area contributed by atoms with Crippen LogP contribution in [0.2, 0.25) is 0 Å². The lowest BCUT2D eigenvalue weighted by molar-refractivity contribution is 0.338. The topological polar surface area (TPSA) is 59.3 Å². The molecule has 0 bridgehead atoms. The fourth-order valence-electron chi connectivity index (χ4n) is 2.87. The van der Waals surface area contributed by atoms with Crippen molar-refractivity contribution in [1.29, 1.82) is 0 Å². The molecule has 0 radical (unpaired) electrons. The summed E-state index contributed by atoms with van der Waals surface area (Å²) in [6.07, 6.45) is 0. The molecular weight excluding hydrogens is 266 g/mol. The number of fused-ring (bicyclic) bond motifs is 1. The molecule has 1 aromatic carbocycles. The number of phenolic OH excluding ortho intramolecular Hbond substituents is 1. The lowest BCUT2D eigenvalue weighted by atomic mass is 10.1. The maximum absolute atomic E-state index is 9.51. The van der Waals surface area contributed by atoms with Gasteiger partial charge in [-0.15, -0.1) is 0 Å². The summed E-state index contributed by atoms with van der Waals surface area (Å²) in [5.41, 5.74) is 4.27. The lowest BCUT2D eigenvalue weighted by Crippen LogP contribution is -2.13. The van der Waals surface area contributed by atoms with Crippen molar-refractivity contribution in [3.05, 3.63) is 35.2 Å². The van der Waals surface area contributed by atoms with E-state index in [4.69, 9.17) is 4.74 Å². The Kier molecular flexibility index (Phi) is 3.27. The fourth-order valence-corrected chi connectivity index (χ4v) is 2.87. The quantitative estimate of drug-likeness (QED) is 0.909. The van der Waals surface area contributed by atoms with Gasteiger partial charge in [0.2, 0.25) is 0 Å². The number of hydrogen-bond donors (Lipinski definition) is 2. The van der Waals surface area contributed by atoms with Gasteiger partial charge in [-0.3, -0.25) is 4.68 Å². The van der Waals surface area contributed by atoms with Crippen LogP contribution in [0.3, 0.4) is 0 Å². The van der Waals surface area contributed by atoms with Gasteiger partial charge < -0.3 is 15.2 Å². The highest BCUT2D eigenvalue weighted by Gasteiger charge is 2.26. The Bertz CT molecular complexity index is 676. The molecule has 0 spiro atoms. The summed E-state index contributed by atoms with van der Waals surface area (Å²) in [7, 11) is 0. The number of nitrogens with zero attached hydrogens (tertiary/aromatic N) is 2. The van der Waals surface area contributed by atoms with Gasteiger partial charge in [0.05, 0.1) is 23.1 Å². The number of nitrogens with one attached hydrogen (secondary N) is 1. The number of phenols is 1. The smallest absolute Gasteiger partial charge is 0.128 e. The van der Waals surface area contributed by atoms with Crippen molar-refractivity contribution in [3.8, 4) is 11.5 Å². The summed E-state index contributed by atoms with van der Waals surface area (Å²) in [5, 5.41) is 17.6. The van der Waals surface area contributed by atoms with Gasteiger partial charge in [0, 0.05) is 17.7 Å². The third-order valence-electron chi connectivity index (χ3n) is 3.91. The summed E-state index contributed by atoms with van der Waals surface area (Å²) < 4.78 is 7.68. The molecule has 2 aromatic rings. The summed E-state index contributed by atoms with van der Waals surface area (Å²) in [5.74, 6) is 0.980. The maximum Gasteiger partial charge on any atom is 0.128 e. The number of rotatable bonds is 3. The Morgan fingerprint density at radius 1 is 1.38 bits per heavy atom. The number of aromatic hydroxyl groups is 1. The summed E-state index contributed by atoms with van der Waals surface area (Å²) in [4.78, 5) is 0. The second kappa shape index (κ2) is 4.98. The molecule has 1 aliphatic heterocycles. The zero-order chi connectivity index (χ0) is 15.1. The molecular formula is C16H21N3O2. The second-order valence-corrected chi connectivity index (χ2v) is 5.81. The van der Waals surface area contributed by atoms with Gasteiger partial charge in [-0.25, -0.2) is 0 Å². The molecule has 5 nitrogen and oxygen atoms in total. The van der Waals surface area contributed by atoms with E-state index in [0.717, 1.165) is 28.4 Å². The van der Waals surface area contributed by atoms with E-state index in [1.165, 1.54) is 0 Å². The fraction of sp³-hybridized carbons (Fsp3) is 0.438. The van der Waals surface area contributed by atoms with Gasteiger partial charge in [-0.1, -0.05) is 0 Å². The average Bonchev–Trinajstić information content (AvgIpc) is 2.94. The Balaban J connectivity index is 1.90. The van der Waals surface area contributed by atoms with Gasteiger partial charge in [-0.2, -0.15) is 5.10 Å². The normalized spacial score (nSPS) is 16.9. The van der Waals surface area contributed by atoms with Crippen molar-refractivity contribution in [2.45, 2.75) is 39.8 Å². The highest BCUT2D eigenvalue weighted by molar-refractivity contribution is 5.56. The molecule has 0 fully saturated rings. The van der Waals surface area contributed by atoms with Crippen LogP contribution in [0, 0.1) is 13.8 Å². The number of hydrogen-bond acceptors (Lipinski definition) is 4. The molecule has 0 saturated heterocycles. The number of aryl methyl sites for hydroxylation is 1. The molecule has 112 valence electrons. The molecule has 1 aliphatic rings. The molecule has 1 unspecified atom stereocenters. The first-order valence-electron chi connectivity index (χ1n) is 7.25. The number of benzene rings is 1. The van der Waals surface area contributed by atoms with Crippen molar-refractivity contribution in [2.24, 2.45) is 0 Å². The van der Waals surface area contributed by atoms with E-state index in [2.05, 4.69) is 31.2 Å². The highest BCUT2D eigenvalue weighted by Crippen LogP contribution is 2.37. The van der Waals surface area contributed by atoms with Crippen LogP contribution >= 0.6 is 0 Å². The molecule has 0 aliphatic carbocycles. The first-order valence-corrected chi connectivity index (χ1v) is 7.25. The summed E-state index contributed by atoms with van der Waals surface area (Å²) in [6.45, 7) is 8.90. The zero-order valence-electron chi connectivity index (χ0n) is 12.8. The molecule has 2 N–H and O–H groups in total. The van der Waals surface area contributed by atoms with E-state index in [-0.39, 0.29) is 11.8 Å². The Labute approximate surface area is 124 Å². The summed E-state index contributed by atoms with van der Waals surface area (Å²) in [6, 6.07) is 5.69. The van der Waals surface area contributed by atoms with Gasteiger partial charge in [0.15, 0.2) is 0 Å². The first-order chi connectivity index (χ1) is 9.97. The minimum absolute atomic E-state index is 0.0859. The van der Waals surface area contributed by atoms with Crippen molar-refractivity contribution in [1.82, 2.24) is 9.78 Å². The third-order valence-corrected chi connectivity index (χ3v) is 3.91. The van der Waals surface area contributed by atoms with Gasteiger partial charge in [0.1, 0.15) is 18.1 Å². The zero-order valence-corrected chi connectivity index (χ0v) is 12.8. The standard InChI is InChI=1S/C16H21N3O2/c1-9(2)19-11(4)16(10(3)18-19)17-14-8-21-15-7-12(20)5-6-13(14)15/h5-7,9,14,17,20H,8H2,1-4H3. The van der Waals surface area contributed by atoms with E-state index in [9.17, 15) is 5.11 Å². The first kappa shape index (κ1) is 13.8. The number of ether oxygens (including phenoxy) is 1. The van der Waals surface area contributed by atoms with Crippen LogP contribution in [0.4, 0.5) is 5.69 Å². The number of aromatic nitrogens is 2. The monoisotopic (exact) mass is 287 g/mol. The Morgan fingerprint density at radius 2 is 2.14 bits per heavy atom. The van der Waals surface area contributed by atoms with Crippen molar-refractivity contribution >= 4 is 5.69 Å². The minimum Gasteiger partial charge on any atom is -0.508 e. The van der Waals surface area contributed by atoms with E-state index in [1.807, 2.05) is 17.7 Å². The van der Waals surface area contributed by atoms with Gasteiger partial charge in [0.25, 0.3) is 0 Å². The molecule has 5 heteroatoms. The minimum atomic E-state index is 0.0859. The average molecular weight is 287 g/mol. The lowest BCUT2D eigenvalue weighted by Gasteiger charge is -2.14. The molecule has 1 atom stereocenters. The molecule has 1 aromatic heterocycles. The van der Waals surface area contributed by atoms with Crippen molar-refractivity contribution in [3.63, 3.8) is 0 Å². The Morgan fingerprint density at radius 3 is 2.81 bits per heavy atom. The molecule has 3 rings (SSSR count). The summed E-state index contributed by atoms with van der Waals surface area (Å²) >= 11 is 0. The van der Waals surface area contributed by atoms with Crippen LogP contribution in [-0.4, -0.2) is 21.5 Å². The SMILES string of the molecule is Cc1nn(C(C)C)c(C)c1NC1COc2cc(O)ccc21. The van der Waals surface area contributed by atoms with E-state index < -0.39 is 0 Å². The van der Waals surface area contributed by atoms with Crippen LogP contribution in [-0.2, 0) is 0 Å². The number of anilines is 1. The van der Waals surface area contributed by atoms with Crippen molar-refractivity contribution in [2.75, 3.05) is 11.9 Å². The Hall–Kier alpha value is -2.17. The van der Waals surface area contributed by atoms with Crippen LogP contribution in [0.25, 0.3) is 0 Å². The van der Waals surface area contributed by atoms with Gasteiger partial charge >= 0.3 is 0 Å².